The van der Waals surface area contributed by atoms with Gasteiger partial charge in [0, 0.05) is 16.5 Å². The highest BCUT2D eigenvalue weighted by molar-refractivity contribution is 7.20. The Bertz CT molecular complexity index is 907. The fourth-order valence-electron chi connectivity index (χ4n) is 2.38. The number of thiophene rings is 1. The molecule has 142 valence electrons. The van der Waals surface area contributed by atoms with Crippen molar-refractivity contribution in [2.24, 2.45) is 0 Å². The van der Waals surface area contributed by atoms with Gasteiger partial charge in [0.15, 0.2) is 5.13 Å². The second kappa shape index (κ2) is 9.55. The van der Waals surface area contributed by atoms with Gasteiger partial charge >= 0.3 is 0 Å². The van der Waals surface area contributed by atoms with E-state index in [2.05, 4.69) is 17.2 Å². The van der Waals surface area contributed by atoms with Crippen molar-refractivity contribution in [2.75, 3.05) is 11.9 Å². The van der Waals surface area contributed by atoms with Gasteiger partial charge < -0.3 is 4.74 Å². The number of benzene rings is 1. The minimum atomic E-state index is -0.220. The summed E-state index contributed by atoms with van der Waals surface area (Å²) in [5.41, 5.74) is 2.01. The average Bonchev–Trinajstić information content (AvgIpc) is 3.25. The molecule has 0 atom stereocenters. The molecular weight excluding hydrogens is 423 g/mol. The number of ether oxygens (including phenoxy) is 1. The van der Waals surface area contributed by atoms with Crippen LogP contribution in [0.25, 0.3) is 11.3 Å². The van der Waals surface area contributed by atoms with Crippen LogP contribution in [0.5, 0.6) is 5.75 Å². The normalized spacial score (nSPS) is 10.8. The van der Waals surface area contributed by atoms with Gasteiger partial charge in [-0.15, -0.1) is 22.7 Å². The van der Waals surface area contributed by atoms with Crippen molar-refractivity contribution in [1.29, 1.82) is 0 Å². The number of aromatic nitrogens is 1. The largest absolute Gasteiger partial charge is 0.494 e. The molecule has 4 nitrogen and oxygen atoms in total. The van der Waals surface area contributed by atoms with Gasteiger partial charge in [-0.25, -0.2) is 4.98 Å². The highest BCUT2D eigenvalue weighted by Crippen LogP contribution is 2.39. The summed E-state index contributed by atoms with van der Waals surface area (Å²) in [6.45, 7) is 2.85. The van der Waals surface area contributed by atoms with Crippen LogP contribution in [0.2, 0.25) is 8.67 Å². The summed E-state index contributed by atoms with van der Waals surface area (Å²) in [7, 11) is 0. The summed E-state index contributed by atoms with van der Waals surface area (Å²) >= 11 is 14.8. The molecule has 0 aliphatic carbocycles. The number of anilines is 1. The molecule has 0 aliphatic rings. The third kappa shape index (κ3) is 5.45. The first-order valence-electron chi connectivity index (χ1n) is 8.51. The van der Waals surface area contributed by atoms with Crippen LogP contribution in [0, 0.1) is 0 Å². The molecule has 2 aromatic heterocycles. The summed E-state index contributed by atoms with van der Waals surface area (Å²) < 4.78 is 6.85. The van der Waals surface area contributed by atoms with Gasteiger partial charge in [0.1, 0.15) is 10.1 Å². The molecule has 27 heavy (non-hydrogen) atoms. The van der Waals surface area contributed by atoms with E-state index < -0.39 is 0 Å². The second-order valence-corrected chi connectivity index (χ2v) is 8.95. The zero-order valence-electron chi connectivity index (χ0n) is 14.6. The van der Waals surface area contributed by atoms with Crippen molar-refractivity contribution in [1.82, 2.24) is 4.98 Å². The van der Waals surface area contributed by atoms with Crippen LogP contribution in [0.15, 0.2) is 35.7 Å². The second-order valence-electron chi connectivity index (χ2n) is 5.81. The Morgan fingerprint density at radius 1 is 1.22 bits per heavy atom. The quantitative estimate of drug-likeness (QED) is 0.383. The minimum absolute atomic E-state index is 0.220. The Morgan fingerprint density at radius 3 is 2.67 bits per heavy atom. The monoisotopic (exact) mass is 440 g/mol. The van der Waals surface area contributed by atoms with Gasteiger partial charge in [0.2, 0.25) is 0 Å². The molecule has 1 N–H and O–H groups in total. The molecule has 0 spiro atoms. The Balaban J connectivity index is 1.60. The van der Waals surface area contributed by atoms with E-state index in [0.717, 1.165) is 30.6 Å². The zero-order valence-corrected chi connectivity index (χ0v) is 17.8. The number of nitrogens with one attached hydrogen (secondary N) is 1. The van der Waals surface area contributed by atoms with E-state index in [1.54, 1.807) is 30.3 Å². The van der Waals surface area contributed by atoms with Crippen LogP contribution < -0.4 is 10.1 Å². The van der Waals surface area contributed by atoms with E-state index >= 15 is 0 Å². The van der Waals surface area contributed by atoms with Crippen molar-refractivity contribution >= 4 is 56.9 Å². The molecule has 0 fully saturated rings. The number of hydrogen-bond acceptors (Lipinski definition) is 5. The summed E-state index contributed by atoms with van der Waals surface area (Å²) in [6.07, 6.45) is 3.34. The molecular formula is C19H18Cl2N2O2S2. The highest BCUT2D eigenvalue weighted by atomic mass is 35.5. The minimum Gasteiger partial charge on any atom is -0.494 e. The molecule has 3 aromatic rings. The van der Waals surface area contributed by atoms with Gasteiger partial charge in [-0.05, 0) is 36.8 Å². The van der Waals surface area contributed by atoms with Crippen LogP contribution in [-0.4, -0.2) is 17.5 Å². The number of amides is 1. The Morgan fingerprint density at radius 2 is 2.00 bits per heavy atom. The number of carbonyl (C=O) groups is 1. The van der Waals surface area contributed by atoms with E-state index in [1.165, 1.54) is 22.7 Å². The van der Waals surface area contributed by atoms with Crippen LogP contribution >= 0.6 is 45.9 Å². The first-order chi connectivity index (χ1) is 13.1. The molecule has 3 rings (SSSR count). The molecule has 8 heteroatoms. The maximum Gasteiger partial charge on any atom is 0.257 e. The van der Waals surface area contributed by atoms with E-state index in [4.69, 9.17) is 27.9 Å². The number of nitrogens with zero attached hydrogens (tertiary/aromatic N) is 1. The number of unbranched alkanes of at least 4 members (excludes halogenated alkanes) is 2. The number of hydrogen-bond donors (Lipinski definition) is 1. The van der Waals surface area contributed by atoms with Gasteiger partial charge in [0.05, 0.1) is 16.6 Å². The van der Waals surface area contributed by atoms with Crippen molar-refractivity contribution in [3.63, 3.8) is 0 Å². The maximum atomic E-state index is 12.4. The number of rotatable bonds is 8. The summed E-state index contributed by atoms with van der Waals surface area (Å²) in [5, 5.41) is 5.16. The van der Waals surface area contributed by atoms with Gasteiger partial charge in [-0.3, -0.25) is 10.1 Å². The van der Waals surface area contributed by atoms with Crippen molar-refractivity contribution in [3.8, 4) is 17.0 Å². The van der Waals surface area contributed by atoms with Crippen molar-refractivity contribution < 1.29 is 9.53 Å². The Labute approximate surface area is 176 Å². The first kappa shape index (κ1) is 20.1. The smallest absolute Gasteiger partial charge is 0.257 e. The molecule has 1 aromatic carbocycles. The predicted molar refractivity (Wildman–Crippen MR) is 115 cm³/mol. The van der Waals surface area contributed by atoms with Gasteiger partial charge in [-0.2, -0.15) is 0 Å². The lowest BCUT2D eigenvalue weighted by Gasteiger charge is -2.07. The standard InChI is InChI=1S/C19H18Cl2N2O2S2/c1-2-3-4-9-25-13-7-5-12(6-8-13)18(24)23-19-22-15(11-26-19)14-10-16(20)27-17(14)21/h5-8,10-11H,2-4,9H2,1H3,(H,22,23,24). The van der Waals surface area contributed by atoms with E-state index in [9.17, 15) is 4.79 Å². The highest BCUT2D eigenvalue weighted by Gasteiger charge is 2.14. The summed E-state index contributed by atoms with van der Waals surface area (Å²) in [5.74, 6) is 0.547. The van der Waals surface area contributed by atoms with E-state index in [0.29, 0.717) is 31.7 Å². The third-order valence-corrected chi connectivity index (χ3v) is 6.04. The lowest BCUT2D eigenvalue weighted by molar-refractivity contribution is 0.102. The van der Waals surface area contributed by atoms with Crippen LogP contribution in [0.1, 0.15) is 36.5 Å². The first-order valence-corrected chi connectivity index (χ1v) is 11.0. The number of thiazole rings is 1. The fourth-order valence-corrected chi connectivity index (χ4v) is 4.57. The zero-order chi connectivity index (χ0) is 19.2. The Kier molecular flexibility index (Phi) is 7.13. The average molecular weight is 441 g/mol. The fraction of sp³-hybridized carbons (Fsp3) is 0.263. The molecule has 0 radical (unpaired) electrons. The van der Waals surface area contributed by atoms with Crippen LogP contribution in [0.4, 0.5) is 5.13 Å². The molecule has 0 saturated carbocycles. The van der Waals surface area contributed by atoms with Crippen LogP contribution in [-0.2, 0) is 0 Å². The Hall–Kier alpha value is -1.60. The maximum absolute atomic E-state index is 12.4. The molecule has 0 saturated heterocycles. The lowest BCUT2D eigenvalue weighted by atomic mass is 10.2. The topological polar surface area (TPSA) is 51.2 Å². The lowest BCUT2D eigenvalue weighted by Crippen LogP contribution is -2.11. The number of carbonyl (C=O) groups excluding carboxylic acids is 1. The van der Waals surface area contributed by atoms with E-state index in [1.807, 2.05) is 5.38 Å². The van der Waals surface area contributed by atoms with E-state index in [-0.39, 0.29) is 5.91 Å². The molecule has 1 amide bonds. The predicted octanol–water partition coefficient (Wildman–Crippen LogP) is 7.00. The van der Waals surface area contributed by atoms with Crippen molar-refractivity contribution in [2.45, 2.75) is 26.2 Å². The summed E-state index contributed by atoms with van der Waals surface area (Å²) in [4.78, 5) is 16.8. The molecule has 2 heterocycles. The van der Waals surface area contributed by atoms with Crippen LogP contribution in [0.3, 0.4) is 0 Å². The summed E-state index contributed by atoms with van der Waals surface area (Å²) in [6, 6.07) is 8.88. The number of halogens is 2. The molecule has 0 aliphatic heterocycles. The van der Waals surface area contributed by atoms with Crippen molar-refractivity contribution in [3.05, 3.63) is 49.9 Å². The SMILES string of the molecule is CCCCCOc1ccc(C(=O)Nc2nc(-c3cc(Cl)sc3Cl)cs2)cc1. The molecule has 0 bridgehead atoms. The third-order valence-electron chi connectivity index (χ3n) is 3.79. The van der Waals surface area contributed by atoms with Gasteiger partial charge in [0.25, 0.3) is 5.91 Å². The van der Waals surface area contributed by atoms with Gasteiger partial charge in [-0.1, -0.05) is 43.0 Å². The molecule has 0 unspecified atom stereocenters.